The Balaban J connectivity index is 1.33. The summed E-state index contributed by atoms with van der Waals surface area (Å²) < 4.78 is 5.49. The van der Waals surface area contributed by atoms with Gasteiger partial charge in [0.2, 0.25) is 5.91 Å². The number of carbonyl (C=O) groups is 1. The molecule has 1 aliphatic heterocycles. The van der Waals surface area contributed by atoms with Crippen molar-refractivity contribution in [3.8, 4) is 5.75 Å². The Morgan fingerprint density at radius 2 is 1.89 bits per heavy atom. The molecule has 150 valence electrons. The van der Waals surface area contributed by atoms with E-state index in [2.05, 4.69) is 34.2 Å². The molecule has 3 rings (SSSR count). The molecule has 0 radical (unpaired) electrons. The van der Waals surface area contributed by atoms with Crippen molar-refractivity contribution < 1.29 is 9.53 Å². The number of hydrogen-bond donors (Lipinski definition) is 1. The van der Waals surface area contributed by atoms with Crippen LogP contribution in [0.1, 0.15) is 39.0 Å². The zero-order valence-corrected chi connectivity index (χ0v) is 17.0. The summed E-state index contributed by atoms with van der Waals surface area (Å²) >= 11 is 0. The highest BCUT2D eigenvalue weighted by Crippen LogP contribution is 2.31. The van der Waals surface area contributed by atoms with Crippen molar-refractivity contribution in [2.75, 3.05) is 51.3 Å². The fraction of sp³-hybridized carbons (Fsp3) is 0.682. The van der Waals surface area contributed by atoms with Crippen molar-refractivity contribution in [3.05, 3.63) is 24.3 Å². The number of hydrogen-bond acceptors (Lipinski definition) is 4. The zero-order chi connectivity index (χ0) is 19.1. The summed E-state index contributed by atoms with van der Waals surface area (Å²) in [5.74, 6) is 1.98. The highest BCUT2D eigenvalue weighted by atomic mass is 16.5. The monoisotopic (exact) mass is 373 g/mol. The predicted molar refractivity (Wildman–Crippen MR) is 110 cm³/mol. The summed E-state index contributed by atoms with van der Waals surface area (Å²) in [6.45, 7) is 8.11. The number of anilines is 1. The second kappa shape index (κ2) is 9.98. The maximum atomic E-state index is 12.3. The number of nitrogens with one attached hydrogen (secondary N) is 1. The van der Waals surface area contributed by atoms with Gasteiger partial charge in [0.15, 0.2) is 0 Å². The summed E-state index contributed by atoms with van der Waals surface area (Å²) in [6, 6.07) is 8.24. The molecule has 1 amide bonds. The van der Waals surface area contributed by atoms with Crippen LogP contribution >= 0.6 is 0 Å². The Labute approximate surface area is 164 Å². The standard InChI is InChI=1S/C22H35N3O2/c1-18(19-8-3-4-9-19)22(26)23-12-7-13-24-14-16-25(17-15-24)20-10-5-6-11-21(20)27-2/h5-6,10-11,18-19H,3-4,7-9,12-17H2,1-2H3,(H,23,26). The minimum Gasteiger partial charge on any atom is -0.495 e. The molecule has 2 aliphatic rings. The highest BCUT2D eigenvalue weighted by molar-refractivity contribution is 5.78. The first-order valence-corrected chi connectivity index (χ1v) is 10.6. The molecule has 27 heavy (non-hydrogen) atoms. The lowest BCUT2D eigenvalue weighted by Gasteiger charge is -2.36. The van der Waals surface area contributed by atoms with Crippen molar-refractivity contribution >= 4 is 11.6 Å². The van der Waals surface area contributed by atoms with Crippen molar-refractivity contribution in [2.24, 2.45) is 11.8 Å². The van der Waals surface area contributed by atoms with Gasteiger partial charge in [0.25, 0.3) is 0 Å². The van der Waals surface area contributed by atoms with E-state index in [1.807, 2.05) is 12.1 Å². The van der Waals surface area contributed by atoms with Crippen LogP contribution in [0.2, 0.25) is 0 Å². The molecule has 5 nitrogen and oxygen atoms in total. The second-order valence-electron chi connectivity index (χ2n) is 7.98. The topological polar surface area (TPSA) is 44.8 Å². The average molecular weight is 374 g/mol. The molecular weight excluding hydrogens is 338 g/mol. The SMILES string of the molecule is COc1ccccc1N1CCN(CCCNC(=O)C(C)C2CCCC2)CC1. The van der Waals surface area contributed by atoms with Gasteiger partial charge in [-0.1, -0.05) is 31.9 Å². The van der Waals surface area contributed by atoms with Crippen LogP contribution in [0.5, 0.6) is 5.75 Å². The van der Waals surface area contributed by atoms with Crippen LogP contribution in [0, 0.1) is 11.8 Å². The number of methoxy groups -OCH3 is 1. The van der Waals surface area contributed by atoms with Gasteiger partial charge in [0, 0.05) is 38.6 Å². The summed E-state index contributed by atoms with van der Waals surface area (Å²) in [6.07, 6.45) is 6.07. The third kappa shape index (κ3) is 5.38. The van der Waals surface area contributed by atoms with Crippen molar-refractivity contribution in [3.63, 3.8) is 0 Å². The smallest absolute Gasteiger partial charge is 0.223 e. The minimum absolute atomic E-state index is 0.178. The van der Waals surface area contributed by atoms with Crippen molar-refractivity contribution in [2.45, 2.75) is 39.0 Å². The lowest BCUT2D eigenvalue weighted by molar-refractivity contribution is -0.126. The minimum atomic E-state index is 0.178. The number of ether oxygens (including phenoxy) is 1. The molecule has 1 heterocycles. The molecule has 5 heteroatoms. The van der Waals surface area contributed by atoms with Crippen LogP contribution < -0.4 is 15.0 Å². The maximum Gasteiger partial charge on any atom is 0.223 e. The van der Waals surface area contributed by atoms with E-state index in [1.54, 1.807) is 7.11 Å². The first-order chi connectivity index (χ1) is 13.2. The Morgan fingerprint density at radius 3 is 2.59 bits per heavy atom. The molecule has 1 aromatic rings. The van der Waals surface area contributed by atoms with Gasteiger partial charge >= 0.3 is 0 Å². The summed E-state index contributed by atoms with van der Waals surface area (Å²) in [4.78, 5) is 17.2. The third-order valence-corrected chi connectivity index (χ3v) is 6.27. The molecular formula is C22H35N3O2. The lowest BCUT2D eigenvalue weighted by atomic mass is 9.92. The maximum absolute atomic E-state index is 12.3. The second-order valence-corrected chi connectivity index (χ2v) is 7.98. The number of carbonyl (C=O) groups excluding carboxylic acids is 1. The normalized spacial score (nSPS) is 19.9. The molecule has 1 N–H and O–H groups in total. The van der Waals surface area contributed by atoms with Crippen LogP contribution in [0.25, 0.3) is 0 Å². The van der Waals surface area contributed by atoms with Crippen LogP contribution in [-0.2, 0) is 4.79 Å². The summed E-state index contributed by atoms with van der Waals surface area (Å²) in [7, 11) is 1.73. The number of piperazine rings is 1. The van der Waals surface area contributed by atoms with E-state index in [9.17, 15) is 4.79 Å². The molecule has 1 atom stereocenters. The molecule has 0 spiro atoms. The number of benzene rings is 1. The third-order valence-electron chi connectivity index (χ3n) is 6.27. The number of nitrogens with zero attached hydrogens (tertiary/aromatic N) is 2. The summed E-state index contributed by atoms with van der Waals surface area (Å²) in [5, 5.41) is 3.16. The molecule has 1 saturated heterocycles. The van der Waals surface area contributed by atoms with Crippen LogP contribution in [0.4, 0.5) is 5.69 Å². The molecule has 1 aliphatic carbocycles. The van der Waals surface area contributed by atoms with Gasteiger partial charge in [-0.25, -0.2) is 0 Å². The van der Waals surface area contributed by atoms with E-state index in [-0.39, 0.29) is 11.8 Å². The first kappa shape index (κ1) is 20.0. The van der Waals surface area contributed by atoms with Gasteiger partial charge in [0.05, 0.1) is 12.8 Å². The van der Waals surface area contributed by atoms with E-state index in [1.165, 1.54) is 31.4 Å². The fourth-order valence-electron chi connectivity index (χ4n) is 4.45. The Kier molecular flexibility index (Phi) is 7.39. The molecule has 1 saturated carbocycles. The van der Waals surface area contributed by atoms with Crippen LogP contribution in [0.3, 0.4) is 0 Å². The van der Waals surface area contributed by atoms with Gasteiger partial charge in [-0.05, 0) is 43.9 Å². The van der Waals surface area contributed by atoms with E-state index in [0.717, 1.165) is 51.4 Å². The highest BCUT2D eigenvalue weighted by Gasteiger charge is 2.26. The van der Waals surface area contributed by atoms with E-state index in [0.29, 0.717) is 5.92 Å². The molecule has 1 unspecified atom stereocenters. The Hall–Kier alpha value is -1.75. The quantitative estimate of drug-likeness (QED) is 0.711. The van der Waals surface area contributed by atoms with Crippen LogP contribution in [-0.4, -0.2) is 57.2 Å². The van der Waals surface area contributed by atoms with E-state index in [4.69, 9.17) is 4.74 Å². The molecule has 0 aromatic heterocycles. The van der Waals surface area contributed by atoms with Gasteiger partial charge in [-0.2, -0.15) is 0 Å². The van der Waals surface area contributed by atoms with Crippen LogP contribution in [0.15, 0.2) is 24.3 Å². The molecule has 0 bridgehead atoms. The number of para-hydroxylation sites is 2. The number of rotatable bonds is 8. The number of amides is 1. The molecule has 1 aromatic carbocycles. The van der Waals surface area contributed by atoms with Gasteiger partial charge in [-0.15, -0.1) is 0 Å². The van der Waals surface area contributed by atoms with Gasteiger partial charge in [-0.3, -0.25) is 9.69 Å². The average Bonchev–Trinajstić information content (AvgIpc) is 3.25. The fourth-order valence-corrected chi connectivity index (χ4v) is 4.45. The van der Waals surface area contributed by atoms with E-state index < -0.39 is 0 Å². The van der Waals surface area contributed by atoms with Gasteiger partial charge < -0.3 is 15.0 Å². The predicted octanol–water partition coefficient (Wildman–Crippen LogP) is 3.15. The Morgan fingerprint density at radius 1 is 1.19 bits per heavy atom. The zero-order valence-electron chi connectivity index (χ0n) is 17.0. The molecule has 2 fully saturated rings. The summed E-state index contributed by atoms with van der Waals surface area (Å²) in [5.41, 5.74) is 1.19. The first-order valence-electron chi connectivity index (χ1n) is 10.6. The lowest BCUT2D eigenvalue weighted by Crippen LogP contribution is -2.47. The van der Waals surface area contributed by atoms with Gasteiger partial charge in [0.1, 0.15) is 5.75 Å². The van der Waals surface area contributed by atoms with Crippen molar-refractivity contribution in [1.29, 1.82) is 0 Å². The Bertz CT molecular complexity index is 593. The largest absolute Gasteiger partial charge is 0.495 e. The van der Waals surface area contributed by atoms with Crippen molar-refractivity contribution in [1.82, 2.24) is 10.2 Å². The van der Waals surface area contributed by atoms with E-state index >= 15 is 0 Å².